The van der Waals surface area contributed by atoms with Gasteiger partial charge in [-0.05, 0) is 44.4 Å². The van der Waals surface area contributed by atoms with Gasteiger partial charge in [0.15, 0.2) is 0 Å². The van der Waals surface area contributed by atoms with Crippen LogP contribution >= 0.6 is 0 Å². The van der Waals surface area contributed by atoms with E-state index in [1.165, 1.54) is 0 Å². The van der Waals surface area contributed by atoms with Crippen molar-refractivity contribution in [3.8, 4) is 0 Å². The van der Waals surface area contributed by atoms with Crippen molar-refractivity contribution < 1.29 is 4.79 Å². The average molecular weight is 329 g/mol. The van der Waals surface area contributed by atoms with E-state index in [1.807, 2.05) is 37.7 Å². The Morgan fingerprint density at radius 3 is 2.21 bits per heavy atom. The van der Waals surface area contributed by atoms with Gasteiger partial charge in [-0.1, -0.05) is 13.8 Å². The number of aromatic nitrogens is 3. The van der Waals surface area contributed by atoms with Gasteiger partial charge in [0, 0.05) is 30.7 Å². The zero-order valence-corrected chi connectivity index (χ0v) is 15.1. The molecule has 6 heteroatoms. The second kappa shape index (κ2) is 7.95. The molecule has 0 aliphatic carbocycles. The van der Waals surface area contributed by atoms with E-state index in [0.29, 0.717) is 0 Å². The van der Waals surface area contributed by atoms with Gasteiger partial charge in [0.1, 0.15) is 0 Å². The summed E-state index contributed by atoms with van der Waals surface area (Å²) >= 11 is 0. The van der Waals surface area contributed by atoms with Gasteiger partial charge < -0.3 is 10.6 Å². The van der Waals surface area contributed by atoms with Crippen molar-refractivity contribution in [1.82, 2.24) is 25.4 Å². The van der Waals surface area contributed by atoms with Gasteiger partial charge in [-0.3, -0.25) is 9.67 Å². The number of urea groups is 1. The van der Waals surface area contributed by atoms with Crippen molar-refractivity contribution in [2.24, 2.45) is 7.05 Å². The maximum absolute atomic E-state index is 12.5. The van der Waals surface area contributed by atoms with Crippen molar-refractivity contribution in [1.29, 1.82) is 0 Å². The molecule has 6 nitrogen and oxygen atoms in total. The molecular formula is C18H27N5O. The summed E-state index contributed by atoms with van der Waals surface area (Å²) < 4.78 is 1.86. The summed E-state index contributed by atoms with van der Waals surface area (Å²) in [4.78, 5) is 16.5. The third kappa shape index (κ3) is 3.93. The summed E-state index contributed by atoms with van der Waals surface area (Å²) in [5.41, 5.74) is 4.21. The minimum Gasteiger partial charge on any atom is -0.331 e. The van der Waals surface area contributed by atoms with Crippen LogP contribution < -0.4 is 10.6 Å². The zero-order valence-electron chi connectivity index (χ0n) is 15.1. The van der Waals surface area contributed by atoms with Crippen molar-refractivity contribution in [2.45, 2.75) is 52.6 Å². The molecule has 0 saturated heterocycles. The molecule has 2 N–H and O–H groups in total. The van der Waals surface area contributed by atoms with E-state index in [4.69, 9.17) is 0 Å². The number of amides is 2. The number of hydrogen-bond donors (Lipinski definition) is 2. The average Bonchev–Trinajstić information content (AvgIpc) is 2.84. The van der Waals surface area contributed by atoms with Crippen LogP contribution in [0.1, 0.15) is 61.3 Å². The summed E-state index contributed by atoms with van der Waals surface area (Å²) in [6.07, 6.45) is 5.12. The van der Waals surface area contributed by atoms with Crippen molar-refractivity contribution in [3.05, 3.63) is 47.0 Å². The molecular weight excluding hydrogens is 302 g/mol. The third-order valence-corrected chi connectivity index (χ3v) is 4.45. The van der Waals surface area contributed by atoms with Crippen molar-refractivity contribution in [3.63, 3.8) is 0 Å². The number of nitrogens with one attached hydrogen (secondary N) is 2. The maximum atomic E-state index is 12.5. The van der Waals surface area contributed by atoms with Gasteiger partial charge in [-0.25, -0.2) is 4.79 Å². The Morgan fingerprint density at radius 2 is 1.71 bits per heavy atom. The fourth-order valence-electron chi connectivity index (χ4n) is 3.05. The van der Waals surface area contributed by atoms with Crippen molar-refractivity contribution >= 4 is 6.03 Å². The smallest absolute Gasteiger partial charge is 0.315 e. The number of rotatable bonds is 6. The van der Waals surface area contributed by atoms with E-state index in [1.54, 1.807) is 12.4 Å². The zero-order chi connectivity index (χ0) is 17.7. The van der Waals surface area contributed by atoms with E-state index >= 15 is 0 Å². The highest BCUT2D eigenvalue weighted by Gasteiger charge is 2.21. The number of pyridine rings is 1. The van der Waals surface area contributed by atoms with Crippen molar-refractivity contribution in [2.75, 3.05) is 0 Å². The fourth-order valence-corrected chi connectivity index (χ4v) is 3.05. The molecule has 0 fully saturated rings. The molecule has 2 heterocycles. The highest BCUT2D eigenvalue weighted by atomic mass is 16.2. The Kier molecular flexibility index (Phi) is 5.95. The minimum atomic E-state index is -0.159. The normalized spacial score (nSPS) is 13.4. The fraction of sp³-hybridized carbons (Fsp3) is 0.500. The second-order valence-corrected chi connectivity index (χ2v) is 6.03. The van der Waals surface area contributed by atoms with E-state index in [-0.39, 0.29) is 18.1 Å². The Bertz CT molecular complexity index is 680. The second-order valence-electron chi connectivity index (χ2n) is 6.03. The maximum Gasteiger partial charge on any atom is 0.315 e. The largest absolute Gasteiger partial charge is 0.331 e. The van der Waals surface area contributed by atoms with Crippen LogP contribution in [-0.2, 0) is 7.05 Å². The summed E-state index contributed by atoms with van der Waals surface area (Å²) in [5.74, 6) is 0. The molecule has 0 bridgehead atoms. The molecule has 0 spiro atoms. The number of nitrogens with zero attached hydrogens (tertiary/aromatic N) is 3. The van der Waals surface area contributed by atoms with Gasteiger partial charge in [0.25, 0.3) is 0 Å². The van der Waals surface area contributed by atoms with Gasteiger partial charge in [-0.15, -0.1) is 0 Å². The predicted octanol–water partition coefficient (Wildman–Crippen LogP) is 3.33. The molecule has 130 valence electrons. The SMILES string of the molecule is CC[C@H](NC(=O)N[C@@H](CC)c1c(C)nn(C)c1C)c1ccncc1. The van der Waals surface area contributed by atoms with E-state index < -0.39 is 0 Å². The van der Waals surface area contributed by atoms with E-state index in [9.17, 15) is 4.79 Å². The molecule has 0 unspecified atom stereocenters. The summed E-state index contributed by atoms with van der Waals surface area (Å²) in [5, 5.41) is 10.6. The predicted molar refractivity (Wildman–Crippen MR) is 94.7 cm³/mol. The molecule has 0 radical (unpaired) electrons. The number of carbonyl (C=O) groups excluding carboxylic acids is 1. The number of aryl methyl sites for hydroxylation is 2. The van der Waals surface area contributed by atoms with Crippen LogP contribution in [0.3, 0.4) is 0 Å². The van der Waals surface area contributed by atoms with Crippen LogP contribution in [0.2, 0.25) is 0 Å². The lowest BCUT2D eigenvalue weighted by Gasteiger charge is -2.22. The molecule has 24 heavy (non-hydrogen) atoms. The molecule has 2 amide bonds. The van der Waals surface area contributed by atoms with E-state index in [2.05, 4.69) is 34.6 Å². The number of hydrogen-bond acceptors (Lipinski definition) is 3. The van der Waals surface area contributed by atoms with Gasteiger partial charge in [0.2, 0.25) is 0 Å². The summed E-state index contributed by atoms with van der Waals surface area (Å²) in [7, 11) is 1.93. The quantitative estimate of drug-likeness (QED) is 0.854. The Balaban J connectivity index is 2.09. The molecule has 0 aliphatic rings. The highest BCUT2D eigenvalue weighted by Crippen LogP contribution is 2.24. The minimum absolute atomic E-state index is 0.0263. The Labute approximate surface area is 143 Å². The molecule has 0 aliphatic heterocycles. The summed E-state index contributed by atoms with van der Waals surface area (Å²) in [6, 6.07) is 3.63. The summed E-state index contributed by atoms with van der Waals surface area (Å²) in [6.45, 7) is 8.13. The van der Waals surface area contributed by atoms with Gasteiger partial charge in [-0.2, -0.15) is 5.10 Å². The van der Waals surface area contributed by atoms with Crippen LogP contribution in [0.5, 0.6) is 0 Å². The lowest BCUT2D eigenvalue weighted by Crippen LogP contribution is -2.40. The Morgan fingerprint density at radius 1 is 1.12 bits per heavy atom. The first-order valence-corrected chi connectivity index (χ1v) is 8.44. The van der Waals surface area contributed by atoms with E-state index in [0.717, 1.165) is 35.4 Å². The molecule has 2 aromatic heterocycles. The first-order valence-electron chi connectivity index (χ1n) is 8.44. The third-order valence-electron chi connectivity index (χ3n) is 4.45. The van der Waals surface area contributed by atoms with Crippen LogP contribution in [0.4, 0.5) is 4.79 Å². The first kappa shape index (κ1) is 18.0. The highest BCUT2D eigenvalue weighted by molar-refractivity contribution is 5.75. The van der Waals surface area contributed by atoms with Crippen LogP contribution in [0.25, 0.3) is 0 Å². The monoisotopic (exact) mass is 329 g/mol. The molecule has 0 aromatic carbocycles. The topological polar surface area (TPSA) is 71.8 Å². The number of carbonyl (C=O) groups is 1. The molecule has 2 aromatic rings. The lowest BCUT2D eigenvalue weighted by molar-refractivity contribution is 0.232. The van der Waals surface area contributed by atoms with Crippen LogP contribution in [0.15, 0.2) is 24.5 Å². The molecule has 0 saturated carbocycles. The standard InChI is InChI=1S/C18H27N5O/c1-6-15(14-8-10-19-11-9-14)20-18(24)21-16(7-2)17-12(3)22-23(5)13(17)4/h8-11,15-16H,6-7H2,1-5H3,(H2,20,21,24)/t15-,16-/m0/s1. The van der Waals surface area contributed by atoms with Gasteiger partial charge in [0.05, 0.1) is 17.8 Å². The molecule has 2 atom stereocenters. The first-order chi connectivity index (χ1) is 11.5. The van der Waals surface area contributed by atoms with Crippen LogP contribution in [0, 0.1) is 13.8 Å². The Hall–Kier alpha value is -2.37. The molecule has 2 rings (SSSR count). The van der Waals surface area contributed by atoms with Crippen LogP contribution in [-0.4, -0.2) is 20.8 Å². The van der Waals surface area contributed by atoms with Gasteiger partial charge >= 0.3 is 6.03 Å². The lowest BCUT2D eigenvalue weighted by atomic mass is 10.0.